The summed E-state index contributed by atoms with van der Waals surface area (Å²) in [5, 5.41) is 3.96. The van der Waals surface area contributed by atoms with Crippen molar-refractivity contribution in [3.05, 3.63) is 41.7 Å². The fourth-order valence-electron chi connectivity index (χ4n) is 4.91. The maximum Gasteiger partial charge on any atom is 0.255 e. The molecule has 3 aromatic rings. The lowest BCUT2D eigenvalue weighted by Gasteiger charge is -2.16. The van der Waals surface area contributed by atoms with E-state index in [0.29, 0.717) is 31.1 Å². The van der Waals surface area contributed by atoms with E-state index in [0.717, 1.165) is 22.6 Å². The van der Waals surface area contributed by atoms with Gasteiger partial charge in [0.1, 0.15) is 11.3 Å². The molecule has 0 N–H and O–H groups in total. The highest BCUT2D eigenvalue weighted by atomic mass is 16.5. The van der Waals surface area contributed by atoms with Crippen LogP contribution >= 0.6 is 0 Å². The van der Waals surface area contributed by atoms with Gasteiger partial charge in [-0.3, -0.25) is 4.79 Å². The Balaban J connectivity index is 1.33. The van der Waals surface area contributed by atoms with E-state index in [9.17, 15) is 4.79 Å². The third kappa shape index (κ3) is 3.49. The monoisotopic (exact) mass is 409 g/mol. The smallest absolute Gasteiger partial charge is 0.255 e. The highest BCUT2D eigenvalue weighted by Gasteiger charge is 2.36. The van der Waals surface area contributed by atoms with Gasteiger partial charge in [-0.15, -0.1) is 0 Å². The molecule has 2 fully saturated rings. The second-order valence-electron chi connectivity index (χ2n) is 8.54. The molecule has 1 saturated carbocycles. The van der Waals surface area contributed by atoms with Gasteiger partial charge in [-0.1, -0.05) is 18.0 Å². The predicted molar refractivity (Wildman–Crippen MR) is 110 cm³/mol. The van der Waals surface area contributed by atoms with Crippen molar-refractivity contribution in [2.45, 2.75) is 51.2 Å². The first-order valence-corrected chi connectivity index (χ1v) is 10.7. The van der Waals surface area contributed by atoms with E-state index in [1.807, 2.05) is 30.3 Å². The van der Waals surface area contributed by atoms with Crippen molar-refractivity contribution in [3.63, 3.8) is 0 Å². The third-order valence-corrected chi connectivity index (χ3v) is 6.49. The summed E-state index contributed by atoms with van der Waals surface area (Å²) in [6, 6.07) is 4.28. The Morgan fingerprint density at radius 1 is 1.23 bits per heavy atom. The van der Waals surface area contributed by atoms with Crippen LogP contribution in [0.4, 0.5) is 0 Å². The van der Waals surface area contributed by atoms with Crippen molar-refractivity contribution in [2.24, 2.45) is 5.92 Å². The first-order valence-electron chi connectivity index (χ1n) is 10.7. The van der Waals surface area contributed by atoms with Crippen molar-refractivity contribution in [1.29, 1.82) is 0 Å². The van der Waals surface area contributed by atoms with Gasteiger partial charge in [-0.05, 0) is 25.8 Å². The highest BCUT2D eigenvalue weighted by Crippen LogP contribution is 2.32. The van der Waals surface area contributed by atoms with Crippen LogP contribution in [-0.2, 0) is 11.2 Å². The molecule has 0 bridgehead atoms. The lowest BCUT2D eigenvalue weighted by atomic mass is 10.0. The first-order chi connectivity index (χ1) is 14.6. The van der Waals surface area contributed by atoms with Gasteiger partial charge in [0.25, 0.3) is 5.91 Å². The lowest BCUT2D eigenvalue weighted by Crippen LogP contribution is -2.30. The Labute approximate surface area is 175 Å². The Kier molecular flexibility index (Phi) is 5.02. The molecule has 5 rings (SSSR count). The van der Waals surface area contributed by atoms with Crippen molar-refractivity contribution < 1.29 is 14.1 Å². The summed E-state index contributed by atoms with van der Waals surface area (Å²) in [6.45, 7) is 3.08. The largest absolute Gasteiger partial charge is 0.379 e. The van der Waals surface area contributed by atoms with E-state index < -0.39 is 0 Å². The van der Waals surface area contributed by atoms with Crippen molar-refractivity contribution >= 4 is 17.1 Å². The molecule has 3 aromatic heterocycles. The number of fused-ring (bicyclic) bond motifs is 1. The number of hydrogen-bond donors (Lipinski definition) is 0. The van der Waals surface area contributed by atoms with E-state index in [1.165, 1.54) is 25.7 Å². The Hall–Kier alpha value is -2.74. The quantitative estimate of drug-likeness (QED) is 0.643. The molecule has 0 spiro atoms. The number of likely N-dealkylation sites (tertiary alicyclic amines) is 1. The van der Waals surface area contributed by atoms with Gasteiger partial charge in [-0.25, -0.2) is 9.97 Å². The number of amides is 1. The van der Waals surface area contributed by atoms with E-state index >= 15 is 0 Å². The zero-order valence-electron chi connectivity index (χ0n) is 17.5. The molecule has 2 atom stereocenters. The summed E-state index contributed by atoms with van der Waals surface area (Å²) in [6.07, 6.45) is 9.08. The summed E-state index contributed by atoms with van der Waals surface area (Å²) >= 11 is 0. The summed E-state index contributed by atoms with van der Waals surface area (Å²) in [4.78, 5) is 24.2. The molecule has 0 aromatic carbocycles. The van der Waals surface area contributed by atoms with Crippen LogP contribution in [0.25, 0.3) is 11.2 Å². The van der Waals surface area contributed by atoms with Crippen molar-refractivity contribution in [2.75, 3.05) is 20.2 Å². The maximum absolute atomic E-state index is 13.2. The predicted octanol–water partition coefficient (Wildman–Crippen LogP) is 3.17. The molecule has 2 aliphatic rings. The molecule has 8 heteroatoms. The normalized spacial score (nSPS) is 22.4. The number of aryl methyl sites for hydroxylation is 1. The molecular formula is C22H27N5O3. The van der Waals surface area contributed by atoms with Gasteiger partial charge < -0.3 is 18.7 Å². The minimum atomic E-state index is -0.0300. The van der Waals surface area contributed by atoms with E-state index in [4.69, 9.17) is 9.26 Å². The van der Waals surface area contributed by atoms with Crippen LogP contribution in [-0.4, -0.2) is 56.8 Å². The van der Waals surface area contributed by atoms with Crippen LogP contribution in [0.2, 0.25) is 0 Å². The van der Waals surface area contributed by atoms with Gasteiger partial charge in [0.2, 0.25) is 0 Å². The second-order valence-corrected chi connectivity index (χ2v) is 8.54. The number of imidazole rings is 1. The number of methoxy groups -OCH3 is 1. The number of ether oxygens (including phenoxy) is 1. The molecular weight excluding hydrogens is 382 g/mol. The van der Waals surface area contributed by atoms with Crippen LogP contribution in [0.5, 0.6) is 0 Å². The van der Waals surface area contributed by atoms with Crippen LogP contribution in [0, 0.1) is 12.8 Å². The van der Waals surface area contributed by atoms with E-state index in [2.05, 4.69) is 19.7 Å². The minimum Gasteiger partial charge on any atom is -0.379 e. The number of rotatable bonds is 5. The number of pyridine rings is 1. The van der Waals surface area contributed by atoms with Crippen LogP contribution in [0.3, 0.4) is 0 Å². The number of hydrogen-bond acceptors (Lipinski definition) is 6. The number of aromatic nitrogens is 4. The third-order valence-electron chi connectivity index (χ3n) is 6.49. The number of nitrogens with zero attached hydrogens (tertiary/aromatic N) is 5. The first kappa shape index (κ1) is 19.2. The summed E-state index contributed by atoms with van der Waals surface area (Å²) < 4.78 is 13.2. The van der Waals surface area contributed by atoms with E-state index in [1.54, 1.807) is 13.3 Å². The zero-order chi connectivity index (χ0) is 20.7. The standard InChI is InChI=1S/C22H27N5O3/c1-14-7-18(30-25-14)8-16-11-26(12-20(16)29-2)22(28)15-9-19-21(23-10-15)27(13-24-19)17-5-3-4-6-17/h7,9-10,13,16-17,20H,3-6,8,11-12H2,1-2H3/t16-,20-/m1/s1. The SMILES string of the molecule is CO[C@@H]1CN(C(=O)c2cnc3c(c2)ncn3C2CCCC2)C[C@H]1Cc1cc(C)no1. The van der Waals surface area contributed by atoms with Crippen LogP contribution in [0.1, 0.15) is 53.5 Å². The molecule has 158 valence electrons. The number of carbonyl (C=O) groups excluding carboxylic acids is 1. The Morgan fingerprint density at radius 3 is 2.80 bits per heavy atom. The Bertz CT molecular complexity index is 1050. The zero-order valence-corrected chi connectivity index (χ0v) is 17.5. The van der Waals surface area contributed by atoms with Gasteiger partial charge in [-0.2, -0.15) is 0 Å². The molecule has 30 heavy (non-hydrogen) atoms. The number of carbonyl (C=O) groups is 1. The summed E-state index contributed by atoms with van der Waals surface area (Å²) in [5.41, 5.74) is 3.09. The maximum atomic E-state index is 13.2. The molecule has 1 amide bonds. The Morgan fingerprint density at radius 2 is 2.07 bits per heavy atom. The van der Waals surface area contributed by atoms with Crippen molar-refractivity contribution in [3.8, 4) is 0 Å². The summed E-state index contributed by atoms with van der Waals surface area (Å²) in [7, 11) is 1.69. The highest BCUT2D eigenvalue weighted by molar-refractivity contribution is 5.96. The molecule has 4 heterocycles. The fourth-order valence-corrected chi connectivity index (χ4v) is 4.91. The van der Waals surface area contributed by atoms with E-state index in [-0.39, 0.29) is 17.9 Å². The lowest BCUT2D eigenvalue weighted by molar-refractivity contribution is 0.0672. The minimum absolute atomic E-state index is 0.0295. The van der Waals surface area contributed by atoms with Crippen molar-refractivity contribution in [1.82, 2.24) is 24.6 Å². The molecule has 1 aliphatic carbocycles. The molecule has 8 nitrogen and oxygen atoms in total. The van der Waals surface area contributed by atoms with Gasteiger partial charge in [0.05, 0.1) is 23.7 Å². The molecule has 0 unspecified atom stereocenters. The van der Waals surface area contributed by atoms with Gasteiger partial charge >= 0.3 is 0 Å². The van der Waals surface area contributed by atoms with Crippen LogP contribution in [0.15, 0.2) is 29.2 Å². The second kappa shape index (κ2) is 7.83. The summed E-state index contributed by atoms with van der Waals surface area (Å²) in [5.74, 6) is 0.970. The van der Waals surface area contributed by atoms with Gasteiger partial charge in [0, 0.05) is 50.8 Å². The van der Waals surface area contributed by atoms with Crippen LogP contribution < -0.4 is 0 Å². The average Bonchev–Trinajstić information content (AvgIpc) is 3.54. The fraction of sp³-hybridized carbons (Fsp3) is 0.545. The molecule has 0 radical (unpaired) electrons. The molecule has 1 saturated heterocycles. The topological polar surface area (TPSA) is 86.3 Å². The molecule has 1 aliphatic heterocycles. The average molecular weight is 409 g/mol. The van der Waals surface area contributed by atoms with Gasteiger partial charge in [0.15, 0.2) is 5.65 Å².